The molecule has 0 saturated heterocycles. The molecule has 0 bridgehead atoms. The monoisotopic (exact) mass is 424 g/mol. The molecule has 31 heavy (non-hydrogen) atoms. The van der Waals surface area contributed by atoms with Crippen LogP contribution in [0.3, 0.4) is 0 Å². The van der Waals surface area contributed by atoms with Gasteiger partial charge in [-0.1, -0.05) is 32.9 Å². The minimum absolute atomic E-state index is 0.0934. The fourth-order valence-corrected chi connectivity index (χ4v) is 3.02. The molecule has 0 aliphatic carbocycles. The van der Waals surface area contributed by atoms with Crippen molar-refractivity contribution in [1.29, 1.82) is 0 Å². The van der Waals surface area contributed by atoms with Crippen molar-refractivity contribution >= 4 is 28.9 Å². The van der Waals surface area contributed by atoms with Crippen LogP contribution in [0.2, 0.25) is 0 Å². The topological polar surface area (TPSA) is 76.0 Å². The Kier molecular flexibility index (Phi) is 8.20. The summed E-state index contributed by atoms with van der Waals surface area (Å²) in [6.07, 6.45) is 3.13. The lowest BCUT2D eigenvalue weighted by atomic mass is 9.92. The van der Waals surface area contributed by atoms with Gasteiger partial charge in [0.25, 0.3) is 0 Å². The third-order valence-electron chi connectivity index (χ3n) is 5.35. The lowest BCUT2D eigenvalue weighted by molar-refractivity contribution is -0.118. The molecular weight excluding hydrogens is 388 g/mol. The van der Waals surface area contributed by atoms with Crippen LogP contribution < -0.4 is 10.6 Å². The SMILES string of the molecule is CC=C(C)n1nc(C(C)(C)C)cc1NC(=O)CCCC(=O)CNc1ccc(C)c(C)c1. The number of hydrogen-bond acceptors (Lipinski definition) is 4. The molecular formula is C25H36N4O2. The van der Waals surface area contributed by atoms with Crippen molar-refractivity contribution in [3.63, 3.8) is 0 Å². The van der Waals surface area contributed by atoms with Gasteiger partial charge in [-0.25, -0.2) is 4.68 Å². The van der Waals surface area contributed by atoms with Gasteiger partial charge in [-0.2, -0.15) is 5.10 Å². The zero-order valence-electron chi connectivity index (χ0n) is 19.9. The molecule has 2 aromatic rings. The van der Waals surface area contributed by atoms with Crippen molar-refractivity contribution in [2.45, 2.75) is 73.1 Å². The van der Waals surface area contributed by atoms with E-state index in [1.807, 2.05) is 44.2 Å². The molecule has 0 unspecified atom stereocenters. The number of nitrogens with zero attached hydrogens (tertiary/aromatic N) is 2. The second-order valence-electron chi connectivity index (χ2n) is 9.10. The summed E-state index contributed by atoms with van der Waals surface area (Å²) >= 11 is 0. The summed E-state index contributed by atoms with van der Waals surface area (Å²) in [5.74, 6) is 0.643. The molecule has 1 aromatic carbocycles. The summed E-state index contributed by atoms with van der Waals surface area (Å²) in [5, 5.41) is 10.8. The first-order chi connectivity index (χ1) is 14.5. The van der Waals surface area contributed by atoms with Crippen LogP contribution in [-0.4, -0.2) is 28.0 Å². The van der Waals surface area contributed by atoms with Gasteiger partial charge in [0, 0.05) is 35.7 Å². The van der Waals surface area contributed by atoms with Crippen LogP contribution in [0.15, 0.2) is 30.3 Å². The molecule has 0 radical (unpaired) electrons. The normalized spacial score (nSPS) is 12.0. The van der Waals surface area contributed by atoms with E-state index in [1.165, 1.54) is 11.1 Å². The Hall–Kier alpha value is -2.89. The minimum Gasteiger partial charge on any atom is -0.378 e. The van der Waals surface area contributed by atoms with E-state index < -0.39 is 0 Å². The number of nitrogens with one attached hydrogen (secondary N) is 2. The van der Waals surface area contributed by atoms with E-state index in [0.29, 0.717) is 25.1 Å². The number of benzene rings is 1. The molecule has 0 atom stereocenters. The van der Waals surface area contributed by atoms with Gasteiger partial charge < -0.3 is 10.6 Å². The first-order valence-electron chi connectivity index (χ1n) is 10.9. The molecule has 1 amide bonds. The Labute approximate surface area is 186 Å². The number of rotatable bonds is 9. The molecule has 6 nitrogen and oxygen atoms in total. The smallest absolute Gasteiger partial charge is 0.225 e. The number of allylic oxidation sites excluding steroid dienone is 2. The number of aromatic nitrogens is 2. The predicted molar refractivity (Wildman–Crippen MR) is 128 cm³/mol. The molecule has 168 valence electrons. The molecule has 6 heteroatoms. The lowest BCUT2D eigenvalue weighted by Crippen LogP contribution is -2.17. The molecule has 0 spiro atoms. The number of aryl methyl sites for hydroxylation is 2. The molecule has 1 heterocycles. The van der Waals surface area contributed by atoms with Crippen molar-refractivity contribution in [3.05, 3.63) is 47.2 Å². The summed E-state index contributed by atoms with van der Waals surface area (Å²) in [7, 11) is 0. The first-order valence-corrected chi connectivity index (χ1v) is 10.9. The average molecular weight is 425 g/mol. The van der Waals surface area contributed by atoms with Crippen LogP contribution in [0.1, 0.15) is 70.7 Å². The quantitative estimate of drug-likeness (QED) is 0.560. The van der Waals surface area contributed by atoms with E-state index in [4.69, 9.17) is 0 Å². The van der Waals surface area contributed by atoms with Crippen LogP contribution >= 0.6 is 0 Å². The van der Waals surface area contributed by atoms with E-state index in [2.05, 4.69) is 50.4 Å². The highest BCUT2D eigenvalue weighted by Gasteiger charge is 2.21. The minimum atomic E-state index is -0.117. The maximum Gasteiger partial charge on any atom is 0.225 e. The number of amides is 1. The molecule has 0 aliphatic rings. The van der Waals surface area contributed by atoms with Gasteiger partial charge in [-0.15, -0.1) is 0 Å². The van der Waals surface area contributed by atoms with Crippen molar-refractivity contribution in [3.8, 4) is 0 Å². The van der Waals surface area contributed by atoms with Crippen molar-refractivity contribution in [2.24, 2.45) is 0 Å². The lowest BCUT2D eigenvalue weighted by Gasteiger charge is -2.14. The van der Waals surface area contributed by atoms with Gasteiger partial charge in [0.2, 0.25) is 5.91 Å². The number of ketones is 1. The summed E-state index contributed by atoms with van der Waals surface area (Å²) in [4.78, 5) is 24.7. The summed E-state index contributed by atoms with van der Waals surface area (Å²) < 4.78 is 1.76. The number of Topliss-reactive ketones (excluding diaryl/α,β-unsaturated/α-hetero) is 1. The summed E-state index contributed by atoms with van der Waals surface area (Å²) in [6.45, 7) is 14.6. The Morgan fingerprint density at radius 3 is 2.42 bits per heavy atom. The van der Waals surface area contributed by atoms with Crippen molar-refractivity contribution < 1.29 is 9.59 Å². The Morgan fingerprint density at radius 2 is 1.81 bits per heavy atom. The maximum atomic E-state index is 12.5. The Morgan fingerprint density at radius 1 is 1.10 bits per heavy atom. The highest BCUT2D eigenvalue weighted by molar-refractivity contribution is 5.91. The molecule has 2 rings (SSSR count). The molecule has 0 fully saturated rings. The third-order valence-corrected chi connectivity index (χ3v) is 5.35. The highest BCUT2D eigenvalue weighted by Crippen LogP contribution is 2.26. The van der Waals surface area contributed by atoms with Gasteiger partial charge in [-0.05, 0) is 57.4 Å². The van der Waals surface area contributed by atoms with E-state index in [9.17, 15) is 9.59 Å². The molecule has 2 N–H and O–H groups in total. The first kappa shape index (κ1) is 24.4. The fraction of sp³-hybridized carbons (Fsp3) is 0.480. The Balaban J connectivity index is 1.85. The van der Waals surface area contributed by atoms with Crippen molar-refractivity contribution in [2.75, 3.05) is 17.2 Å². The number of anilines is 2. The fourth-order valence-electron chi connectivity index (χ4n) is 3.02. The molecule has 0 saturated carbocycles. The van der Waals surface area contributed by atoms with E-state index in [1.54, 1.807) is 4.68 Å². The average Bonchev–Trinajstić information content (AvgIpc) is 3.12. The Bertz CT molecular complexity index is 964. The largest absolute Gasteiger partial charge is 0.378 e. The van der Waals surface area contributed by atoms with Crippen LogP contribution in [0, 0.1) is 13.8 Å². The van der Waals surface area contributed by atoms with E-state index in [-0.39, 0.29) is 23.7 Å². The zero-order valence-corrected chi connectivity index (χ0v) is 19.9. The highest BCUT2D eigenvalue weighted by atomic mass is 16.1. The van der Waals surface area contributed by atoms with Gasteiger partial charge in [0.05, 0.1) is 12.2 Å². The second-order valence-corrected chi connectivity index (χ2v) is 9.10. The van der Waals surface area contributed by atoms with E-state index in [0.717, 1.165) is 17.1 Å². The van der Waals surface area contributed by atoms with Crippen LogP contribution in [0.5, 0.6) is 0 Å². The second kappa shape index (κ2) is 10.4. The van der Waals surface area contributed by atoms with Gasteiger partial charge in [-0.3, -0.25) is 9.59 Å². The standard InChI is InChI=1S/C25H36N4O2/c1-8-19(4)29-23(15-22(28-29)25(5,6)7)27-24(31)11-9-10-21(30)16-26-20-13-12-17(2)18(3)14-20/h8,12-15,26H,9-11,16H2,1-7H3,(H,27,31). The van der Waals surface area contributed by atoms with Gasteiger partial charge in [0.1, 0.15) is 5.82 Å². The molecule has 0 aliphatic heterocycles. The third kappa shape index (κ3) is 7.09. The summed E-state index contributed by atoms with van der Waals surface area (Å²) in [6, 6.07) is 7.98. The van der Waals surface area contributed by atoms with Gasteiger partial charge >= 0.3 is 0 Å². The number of hydrogen-bond donors (Lipinski definition) is 2. The maximum absolute atomic E-state index is 12.5. The predicted octanol–water partition coefficient (Wildman–Crippen LogP) is 5.47. The number of carbonyl (C=O) groups excluding carboxylic acids is 2. The van der Waals surface area contributed by atoms with Gasteiger partial charge in [0.15, 0.2) is 5.78 Å². The zero-order chi connectivity index (χ0) is 23.2. The van der Waals surface area contributed by atoms with Crippen LogP contribution in [-0.2, 0) is 15.0 Å². The number of carbonyl (C=O) groups is 2. The van der Waals surface area contributed by atoms with E-state index >= 15 is 0 Å². The molecule has 1 aromatic heterocycles. The van der Waals surface area contributed by atoms with Crippen LogP contribution in [0.25, 0.3) is 5.70 Å². The van der Waals surface area contributed by atoms with Crippen LogP contribution in [0.4, 0.5) is 11.5 Å². The summed E-state index contributed by atoms with van der Waals surface area (Å²) in [5.41, 5.74) is 5.10. The van der Waals surface area contributed by atoms with Crippen molar-refractivity contribution in [1.82, 2.24) is 9.78 Å².